The normalized spacial score (nSPS) is 11.3. The predicted octanol–water partition coefficient (Wildman–Crippen LogP) is 10.7. The van der Waals surface area contributed by atoms with Crippen LogP contribution in [0.3, 0.4) is 0 Å². The van der Waals surface area contributed by atoms with Crippen LogP contribution in [0.4, 0.5) is 0 Å². The van der Waals surface area contributed by atoms with Gasteiger partial charge in [0.25, 0.3) is 0 Å². The Labute approximate surface area is 272 Å². The standard InChI is InChI=1S/C41H30N4S/c1-27-13-12-20-35(38(27)46-2)41-43-39(42-40(44-41)34-19-7-6-16-31(34)28-14-4-3-5-15-28)29-23-25-30(26-24-29)45-36-21-10-8-17-32(36)33-18-9-11-22-37(33)45/h3-26H,1-2H3. The molecular weight excluding hydrogens is 581 g/mol. The molecule has 220 valence electrons. The van der Waals surface area contributed by atoms with Crippen LogP contribution in [-0.2, 0) is 0 Å². The molecule has 0 radical (unpaired) electrons. The van der Waals surface area contributed by atoms with Gasteiger partial charge in [0.05, 0.1) is 11.0 Å². The van der Waals surface area contributed by atoms with Gasteiger partial charge in [0.2, 0.25) is 0 Å². The van der Waals surface area contributed by atoms with Gasteiger partial charge in [-0.15, -0.1) is 11.8 Å². The topological polar surface area (TPSA) is 43.6 Å². The van der Waals surface area contributed by atoms with Gasteiger partial charge in [0, 0.05) is 38.0 Å². The monoisotopic (exact) mass is 610 g/mol. The van der Waals surface area contributed by atoms with Gasteiger partial charge < -0.3 is 4.57 Å². The van der Waals surface area contributed by atoms with Crippen LogP contribution in [0.1, 0.15) is 5.56 Å². The summed E-state index contributed by atoms with van der Waals surface area (Å²) in [6, 6.07) is 50.8. The minimum absolute atomic E-state index is 0.644. The van der Waals surface area contributed by atoms with E-state index in [-0.39, 0.29) is 0 Å². The molecule has 0 bridgehead atoms. The number of aromatic nitrogens is 4. The molecule has 2 heterocycles. The molecule has 5 heteroatoms. The number of para-hydroxylation sites is 2. The molecule has 0 fully saturated rings. The van der Waals surface area contributed by atoms with E-state index in [0.717, 1.165) is 33.5 Å². The number of hydrogen-bond donors (Lipinski definition) is 0. The van der Waals surface area contributed by atoms with E-state index >= 15 is 0 Å². The highest BCUT2D eigenvalue weighted by atomic mass is 32.2. The highest BCUT2D eigenvalue weighted by molar-refractivity contribution is 7.98. The second kappa shape index (κ2) is 11.8. The summed E-state index contributed by atoms with van der Waals surface area (Å²) in [5, 5.41) is 2.49. The highest BCUT2D eigenvalue weighted by Gasteiger charge is 2.18. The average Bonchev–Trinajstić information content (AvgIpc) is 3.46. The lowest BCUT2D eigenvalue weighted by atomic mass is 9.99. The lowest BCUT2D eigenvalue weighted by Crippen LogP contribution is -2.02. The molecule has 0 N–H and O–H groups in total. The van der Waals surface area contributed by atoms with Crippen LogP contribution in [0.5, 0.6) is 0 Å². The molecule has 0 aliphatic carbocycles. The Balaban J connectivity index is 1.31. The molecule has 2 aromatic heterocycles. The lowest BCUT2D eigenvalue weighted by molar-refractivity contribution is 1.06. The zero-order valence-corrected chi connectivity index (χ0v) is 26.4. The molecule has 0 atom stereocenters. The van der Waals surface area contributed by atoms with Gasteiger partial charge in [0.1, 0.15) is 0 Å². The molecule has 0 saturated heterocycles. The fourth-order valence-electron chi connectivity index (χ4n) is 6.35. The molecule has 0 aliphatic heterocycles. The van der Waals surface area contributed by atoms with E-state index in [4.69, 9.17) is 15.0 Å². The summed E-state index contributed by atoms with van der Waals surface area (Å²) in [4.78, 5) is 16.5. The van der Waals surface area contributed by atoms with Crippen LogP contribution in [0.2, 0.25) is 0 Å². The minimum atomic E-state index is 0.644. The molecule has 8 rings (SSSR count). The maximum Gasteiger partial charge on any atom is 0.165 e. The average molecular weight is 611 g/mol. The van der Waals surface area contributed by atoms with Crippen molar-refractivity contribution in [3.63, 3.8) is 0 Å². The first-order valence-electron chi connectivity index (χ1n) is 15.3. The van der Waals surface area contributed by atoms with Gasteiger partial charge in [-0.2, -0.15) is 0 Å². The Kier molecular flexibility index (Phi) is 7.16. The van der Waals surface area contributed by atoms with Crippen LogP contribution >= 0.6 is 11.8 Å². The van der Waals surface area contributed by atoms with Gasteiger partial charge in [-0.1, -0.05) is 109 Å². The number of fused-ring (bicyclic) bond motifs is 3. The van der Waals surface area contributed by atoms with E-state index in [1.807, 2.05) is 12.1 Å². The van der Waals surface area contributed by atoms with E-state index in [1.165, 1.54) is 32.3 Å². The molecule has 0 unspecified atom stereocenters. The van der Waals surface area contributed by atoms with Crippen LogP contribution in [0, 0.1) is 6.92 Å². The van der Waals surface area contributed by atoms with Crippen molar-refractivity contribution >= 4 is 33.6 Å². The third-order valence-corrected chi connectivity index (χ3v) is 9.46. The number of rotatable bonds is 6. The zero-order valence-electron chi connectivity index (χ0n) is 25.6. The van der Waals surface area contributed by atoms with Crippen LogP contribution in [-0.4, -0.2) is 25.8 Å². The summed E-state index contributed by atoms with van der Waals surface area (Å²) in [5.74, 6) is 1.96. The molecule has 46 heavy (non-hydrogen) atoms. The Bertz CT molecular complexity index is 2310. The summed E-state index contributed by atoms with van der Waals surface area (Å²) in [6.45, 7) is 2.14. The van der Waals surface area contributed by atoms with Gasteiger partial charge in [-0.3, -0.25) is 0 Å². The molecule has 0 spiro atoms. The third kappa shape index (κ3) is 4.86. The second-order valence-corrected chi connectivity index (χ2v) is 12.1. The van der Waals surface area contributed by atoms with Crippen molar-refractivity contribution in [2.24, 2.45) is 0 Å². The molecule has 0 aliphatic rings. The molecule has 4 nitrogen and oxygen atoms in total. The smallest absolute Gasteiger partial charge is 0.165 e. The summed E-state index contributed by atoms with van der Waals surface area (Å²) < 4.78 is 2.33. The maximum atomic E-state index is 5.12. The summed E-state index contributed by atoms with van der Waals surface area (Å²) in [7, 11) is 0. The summed E-state index contributed by atoms with van der Waals surface area (Å²) in [5.41, 5.74) is 9.78. The van der Waals surface area contributed by atoms with E-state index < -0.39 is 0 Å². The van der Waals surface area contributed by atoms with E-state index in [2.05, 4.69) is 151 Å². The van der Waals surface area contributed by atoms with Gasteiger partial charge in [-0.25, -0.2) is 15.0 Å². The Morgan fingerprint density at radius 2 is 1.00 bits per heavy atom. The second-order valence-electron chi connectivity index (χ2n) is 11.3. The van der Waals surface area contributed by atoms with Crippen LogP contribution in [0.25, 0.3) is 72.8 Å². The zero-order chi connectivity index (χ0) is 31.0. The van der Waals surface area contributed by atoms with E-state index in [9.17, 15) is 0 Å². The van der Waals surface area contributed by atoms with Crippen molar-refractivity contribution in [3.8, 4) is 51.0 Å². The Hall–Kier alpha value is -5.52. The van der Waals surface area contributed by atoms with Gasteiger partial charge in [-0.05, 0) is 66.3 Å². The number of aryl methyl sites for hydroxylation is 1. The highest BCUT2D eigenvalue weighted by Crippen LogP contribution is 2.36. The number of hydrogen-bond acceptors (Lipinski definition) is 4. The number of nitrogens with zero attached hydrogens (tertiary/aromatic N) is 4. The molecule has 8 aromatic rings. The number of thioether (sulfide) groups is 1. The maximum absolute atomic E-state index is 5.12. The fourth-order valence-corrected chi connectivity index (χ4v) is 7.12. The molecule has 0 amide bonds. The lowest BCUT2D eigenvalue weighted by Gasteiger charge is -2.14. The largest absolute Gasteiger partial charge is 0.309 e. The molecular formula is C41H30N4S. The van der Waals surface area contributed by atoms with E-state index in [1.54, 1.807) is 11.8 Å². The third-order valence-electron chi connectivity index (χ3n) is 8.51. The van der Waals surface area contributed by atoms with E-state index in [0.29, 0.717) is 17.5 Å². The first-order valence-corrected chi connectivity index (χ1v) is 16.6. The van der Waals surface area contributed by atoms with Crippen molar-refractivity contribution in [1.82, 2.24) is 19.5 Å². The Morgan fingerprint density at radius 1 is 0.457 bits per heavy atom. The Morgan fingerprint density at radius 3 is 1.67 bits per heavy atom. The van der Waals surface area contributed by atoms with Gasteiger partial charge in [0.15, 0.2) is 17.5 Å². The fraction of sp³-hybridized carbons (Fsp3) is 0.0488. The van der Waals surface area contributed by atoms with Crippen molar-refractivity contribution in [2.45, 2.75) is 11.8 Å². The van der Waals surface area contributed by atoms with Crippen molar-refractivity contribution < 1.29 is 0 Å². The van der Waals surface area contributed by atoms with Crippen molar-refractivity contribution in [2.75, 3.05) is 6.26 Å². The van der Waals surface area contributed by atoms with Crippen molar-refractivity contribution in [1.29, 1.82) is 0 Å². The first-order chi connectivity index (χ1) is 22.7. The quantitative estimate of drug-likeness (QED) is 0.176. The summed E-state index contributed by atoms with van der Waals surface area (Å²) in [6.07, 6.45) is 2.10. The van der Waals surface area contributed by atoms with Gasteiger partial charge >= 0.3 is 0 Å². The predicted molar refractivity (Wildman–Crippen MR) is 192 cm³/mol. The van der Waals surface area contributed by atoms with Crippen LogP contribution < -0.4 is 0 Å². The van der Waals surface area contributed by atoms with Crippen molar-refractivity contribution in [3.05, 3.63) is 151 Å². The minimum Gasteiger partial charge on any atom is -0.309 e. The SMILES string of the molecule is CSc1c(C)cccc1-c1nc(-c2ccc(-n3c4ccccc4c4ccccc43)cc2)nc(-c2ccccc2-c2ccccc2)n1. The first kappa shape index (κ1) is 28.0. The number of benzene rings is 6. The molecule has 0 saturated carbocycles. The summed E-state index contributed by atoms with van der Waals surface area (Å²) >= 11 is 1.72. The molecule has 6 aromatic carbocycles. The van der Waals surface area contributed by atoms with Crippen LogP contribution in [0.15, 0.2) is 150 Å².